The van der Waals surface area contributed by atoms with Crippen molar-refractivity contribution < 1.29 is 14.3 Å². The van der Waals surface area contributed by atoms with Crippen LogP contribution < -0.4 is 10.6 Å². The van der Waals surface area contributed by atoms with Crippen molar-refractivity contribution >= 4 is 34.9 Å². The van der Waals surface area contributed by atoms with E-state index in [0.717, 1.165) is 22.5 Å². The molecule has 1 aliphatic rings. The first-order chi connectivity index (χ1) is 12.3. The van der Waals surface area contributed by atoms with Gasteiger partial charge >= 0.3 is 5.97 Å². The monoisotopic (exact) mass is 372 g/mol. The fourth-order valence-corrected chi connectivity index (χ4v) is 3.52. The lowest BCUT2D eigenvalue weighted by Gasteiger charge is -2.21. The van der Waals surface area contributed by atoms with Crippen LogP contribution in [0.5, 0.6) is 0 Å². The molecule has 136 valence electrons. The third-order valence-corrected chi connectivity index (χ3v) is 5.08. The van der Waals surface area contributed by atoms with E-state index in [1.165, 1.54) is 7.11 Å². The topological polar surface area (TPSA) is 72.6 Å². The number of carbonyl (C=O) groups excluding carboxylic acids is 2. The standard InChI is InChI=1S/C20H21ClN2O3/c1-20(2)14-5-4-6-15(21)17(14)23(19(20)25)13-9-7-12(8-10-13)11-16(22)18(24)26-3/h4-10,16H,11,22H2,1-3H3. The van der Waals surface area contributed by atoms with Crippen LogP contribution >= 0.6 is 11.6 Å². The van der Waals surface area contributed by atoms with E-state index >= 15 is 0 Å². The van der Waals surface area contributed by atoms with Gasteiger partial charge in [0.05, 0.1) is 23.2 Å². The van der Waals surface area contributed by atoms with Crippen molar-refractivity contribution in [2.45, 2.75) is 31.7 Å². The first-order valence-electron chi connectivity index (χ1n) is 8.33. The van der Waals surface area contributed by atoms with Gasteiger partial charge in [0.15, 0.2) is 0 Å². The molecule has 1 amide bonds. The van der Waals surface area contributed by atoms with Gasteiger partial charge in [-0.05, 0) is 49.6 Å². The van der Waals surface area contributed by atoms with Crippen LogP contribution in [0.2, 0.25) is 5.02 Å². The third-order valence-electron chi connectivity index (χ3n) is 4.78. The number of anilines is 2. The van der Waals surface area contributed by atoms with Gasteiger partial charge in [0.2, 0.25) is 5.91 Å². The Hall–Kier alpha value is -2.37. The molecular formula is C20H21ClN2O3. The van der Waals surface area contributed by atoms with E-state index in [-0.39, 0.29) is 5.91 Å². The minimum atomic E-state index is -0.714. The molecule has 1 heterocycles. The number of rotatable bonds is 4. The molecule has 1 aliphatic heterocycles. The second-order valence-electron chi connectivity index (χ2n) is 6.90. The van der Waals surface area contributed by atoms with Crippen LogP contribution in [0.3, 0.4) is 0 Å². The number of ether oxygens (including phenoxy) is 1. The summed E-state index contributed by atoms with van der Waals surface area (Å²) in [6.45, 7) is 3.79. The van der Waals surface area contributed by atoms with Gasteiger partial charge in [0.25, 0.3) is 0 Å². The number of nitrogens with zero attached hydrogens (tertiary/aromatic N) is 1. The maximum absolute atomic E-state index is 13.0. The fourth-order valence-electron chi connectivity index (χ4n) is 3.26. The Kier molecular flexibility index (Phi) is 4.78. The molecule has 26 heavy (non-hydrogen) atoms. The molecule has 3 rings (SSSR count). The predicted octanol–water partition coefficient (Wildman–Crippen LogP) is 3.34. The number of nitrogens with two attached hydrogens (primary N) is 1. The minimum Gasteiger partial charge on any atom is -0.468 e. The number of fused-ring (bicyclic) bond motifs is 1. The molecule has 1 unspecified atom stereocenters. The number of halogens is 1. The lowest BCUT2D eigenvalue weighted by Crippen LogP contribution is -2.34. The van der Waals surface area contributed by atoms with Gasteiger partial charge in [0, 0.05) is 5.69 Å². The zero-order valence-corrected chi connectivity index (χ0v) is 15.7. The van der Waals surface area contributed by atoms with Gasteiger partial charge in [-0.3, -0.25) is 14.5 Å². The maximum atomic E-state index is 13.0. The molecule has 0 fully saturated rings. The van der Waals surface area contributed by atoms with Crippen molar-refractivity contribution in [3.05, 3.63) is 58.6 Å². The summed E-state index contributed by atoms with van der Waals surface area (Å²) in [5, 5.41) is 0.540. The average Bonchev–Trinajstić information content (AvgIpc) is 2.83. The van der Waals surface area contributed by atoms with Gasteiger partial charge < -0.3 is 10.5 Å². The Morgan fingerprint density at radius 3 is 2.50 bits per heavy atom. The second kappa shape index (κ2) is 6.74. The van der Waals surface area contributed by atoms with E-state index in [0.29, 0.717) is 11.4 Å². The highest BCUT2D eigenvalue weighted by atomic mass is 35.5. The normalized spacial score (nSPS) is 16.3. The Bertz CT molecular complexity index is 862. The van der Waals surface area contributed by atoms with Crippen LogP contribution in [0, 0.1) is 0 Å². The average molecular weight is 373 g/mol. The largest absolute Gasteiger partial charge is 0.468 e. The molecule has 0 radical (unpaired) electrons. The van der Waals surface area contributed by atoms with E-state index in [1.807, 2.05) is 50.2 Å². The van der Waals surface area contributed by atoms with Gasteiger partial charge in [-0.1, -0.05) is 35.9 Å². The molecule has 2 aromatic rings. The Morgan fingerprint density at radius 2 is 1.88 bits per heavy atom. The first-order valence-corrected chi connectivity index (χ1v) is 8.71. The highest BCUT2D eigenvalue weighted by molar-refractivity contribution is 6.35. The van der Waals surface area contributed by atoms with Crippen LogP contribution in [0.4, 0.5) is 11.4 Å². The molecule has 2 N–H and O–H groups in total. The highest BCUT2D eigenvalue weighted by Gasteiger charge is 2.45. The summed E-state index contributed by atoms with van der Waals surface area (Å²) >= 11 is 6.40. The van der Waals surface area contributed by atoms with E-state index in [1.54, 1.807) is 11.0 Å². The van der Waals surface area contributed by atoms with E-state index < -0.39 is 17.4 Å². The van der Waals surface area contributed by atoms with Gasteiger partial charge in [-0.15, -0.1) is 0 Å². The van der Waals surface area contributed by atoms with Gasteiger partial charge in [0.1, 0.15) is 6.04 Å². The molecule has 2 aromatic carbocycles. The summed E-state index contributed by atoms with van der Waals surface area (Å²) in [5.41, 5.74) is 8.40. The zero-order valence-electron chi connectivity index (χ0n) is 15.0. The van der Waals surface area contributed by atoms with Crippen molar-refractivity contribution in [2.24, 2.45) is 5.73 Å². The lowest BCUT2D eigenvalue weighted by atomic mass is 9.86. The first kappa shape index (κ1) is 18.4. The third kappa shape index (κ3) is 2.97. The molecule has 0 saturated heterocycles. The predicted molar refractivity (Wildman–Crippen MR) is 102 cm³/mol. The summed E-state index contributed by atoms with van der Waals surface area (Å²) in [7, 11) is 1.31. The van der Waals surface area contributed by atoms with Crippen LogP contribution in [0.25, 0.3) is 0 Å². The molecule has 1 atom stereocenters. The van der Waals surface area contributed by atoms with Crippen LogP contribution in [-0.4, -0.2) is 25.0 Å². The minimum absolute atomic E-state index is 0.0281. The number of esters is 1. The molecule has 0 bridgehead atoms. The number of hydrogen-bond donors (Lipinski definition) is 1. The summed E-state index contributed by atoms with van der Waals surface area (Å²) in [4.78, 5) is 26.1. The molecular weight excluding hydrogens is 352 g/mol. The van der Waals surface area contributed by atoms with Gasteiger partial charge in [-0.25, -0.2) is 0 Å². The molecule has 0 saturated carbocycles. The molecule has 5 nitrogen and oxygen atoms in total. The molecule has 0 spiro atoms. The summed E-state index contributed by atoms with van der Waals surface area (Å²) in [6, 6.07) is 12.2. The molecule has 6 heteroatoms. The van der Waals surface area contributed by atoms with Crippen LogP contribution in [0.1, 0.15) is 25.0 Å². The molecule has 0 aromatic heterocycles. The quantitative estimate of drug-likeness (QED) is 0.835. The van der Waals surface area contributed by atoms with E-state index in [4.69, 9.17) is 17.3 Å². The number of para-hydroxylation sites is 1. The number of hydrogen-bond acceptors (Lipinski definition) is 4. The molecule has 0 aliphatic carbocycles. The maximum Gasteiger partial charge on any atom is 0.322 e. The van der Waals surface area contributed by atoms with Crippen molar-refractivity contribution in [1.82, 2.24) is 0 Å². The summed E-state index contributed by atoms with van der Waals surface area (Å²) < 4.78 is 4.65. The Morgan fingerprint density at radius 1 is 1.23 bits per heavy atom. The van der Waals surface area contributed by atoms with Crippen LogP contribution in [0.15, 0.2) is 42.5 Å². The Balaban J connectivity index is 1.93. The summed E-state index contributed by atoms with van der Waals surface area (Å²) in [6.07, 6.45) is 0.365. The second-order valence-corrected chi connectivity index (χ2v) is 7.31. The van der Waals surface area contributed by atoms with Crippen molar-refractivity contribution in [1.29, 1.82) is 0 Å². The van der Waals surface area contributed by atoms with Crippen molar-refractivity contribution in [3.63, 3.8) is 0 Å². The number of amides is 1. The Labute approximate surface area is 157 Å². The highest BCUT2D eigenvalue weighted by Crippen LogP contribution is 2.48. The van der Waals surface area contributed by atoms with Crippen molar-refractivity contribution in [3.8, 4) is 0 Å². The van der Waals surface area contributed by atoms with E-state index in [9.17, 15) is 9.59 Å². The number of carbonyl (C=O) groups is 2. The lowest BCUT2D eigenvalue weighted by molar-refractivity contribution is -0.142. The summed E-state index contributed by atoms with van der Waals surface area (Å²) in [5.74, 6) is -0.481. The number of methoxy groups -OCH3 is 1. The van der Waals surface area contributed by atoms with Gasteiger partial charge in [-0.2, -0.15) is 0 Å². The zero-order chi connectivity index (χ0) is 19.1. The fraction of sp³-hybridized carbons (Fsp3) is 0.300. The smallest absolute Gasteiger partial charge is 0.322 e. The van der Waals surface area contributed by atoms with Crippen LogP contribution in [-0.2, 0) is 26.2 Å². The van der Waals surface area contributed by atoms with E-state index in [2.05, 4.69) is 4.74 Å². The SMILES string of the molecule is COC(=O)C(N)Cc1ccc(N2C(=O)C(C)(C)c3cccc(Cl)c32)cc1. The van der Waals surface area contributed by atoms with Crippen molar-refractivity contribution in [2.75, 3.05) is 12.0 Å². The number of benzene rings is 2.